The molecule has 3 rings (SSSR count). The lowest BCUT2D eigenvalue weighted by Gasteiger charge is -2.22. The maximum Gasteiger partial charge on any atom is 0.175 e. The third-order valence-corrected chi connectivity index (χ3v) is 3.78. The SMILES string of the molecule is OC(c1cc(Br)c2c(c1)OCCO2)c1cc(F)ccc1F. The van der Waals surface area contributed by atoms with Crippen molar-refractivity contribution in [3.8, 4) is 11.5 Å². The lowest BCUT2D eigenvalue weighted by Crippen LogP contribution is -2.16. The summed E-state index contributed by atoms with van der Waals surface area (Å²) < 4.78 is 38.5. The minimum atomic E-state index is -1.30. The molecule has 0 radical (unpaired) electrons. The van der Waals surface area contributed by atoms with Crippen LogP contribution < -0.4 is 9.47 Å². The minimum absolute atomic E-state index is 0.126. The molecule has 1 heterocycles. The largest absolute Gasteiger partial charge is 0.486 e. The zero-order valence-corrected chi connectivity index (χ0v) is 12.4. The summed E-state index contributed by atoms with van der Waals surface area (Å²) >= 11 is 3.32. The lowest BCUT2D eigenvalue weighted by molar-refractivity contribution is 0.168. The van der Waals surface area contributed by atoms with Gasteiger partial charge in [0.1, 0.15) is 31.0 Å². The molecular formula is C15H11BrF2O3. The first-order valence-corrected chi connectivity index (χ1v) is 7.07. The van der Waals surface area contributed by atoms with E-state index in [1.54, 1.807) is 12.1 Å². The zero-order valence-electron chi connectivity index (χ0n) is 10.8. The van der Waals surface area contributed by atoms with Crippen molar-refractivity contribution in [3.63, 3.8) is 0 Å². The molecule has 110 valence electrons. The number of hydrogen-bond acceptors (Lipinski definition) is 3. The summed E-state index contributed by atoms with van der Waals surface area (Å²) in [7, 11) is 0. The fourth-order valence-corrected chi connectivity index (χ4v) is 2.77. The molecule has 2 aromatic carbocycles. The normalized spacial score (nSPS) is 14.9. The Morgan fingerprint density at radius 3 is 2.67 bits per heavy atom. The predicted octanol–water partition coefficient (Wildman–Crippen LogP) is 3.58. The topological polar surface area (TPSA) is 38.7 Å². The molecule has 0 aromatic heterocycles. The molecule has 1 aliphatic heterocycles. The van der Waals surface area contributed by atoms with Crippen molar-refractivity contribution in [3.05, 3.63) is 57.6 Å². The molecule has 1 unspecified atom stereocenters. The number of aliphatic hydroxyl groups excluding tert-OH is 1. The van der Waals surface area contributed by atoms with Gasteiger partial charge in [-0.3, -0.25) is 0 Å². The van der Waals surface area contributed by atoms with Gasteiger partial charge >= 0.3 is 0 Å². The van der Waals surface area contributed by atoms with Crippen molar-refractivity contribution in [2.45, 2.75) is 6.10 Å². The monoisotopic (exact) mass is 356 g/mol. The van der Waals surface area contributed by atoms with Gasteiger partial charge in [-0.2, -0.15) is 0 Å². The summed E-state index contributed by atoms with van der Waals surface area (Å²) in [6.07, 6.45) is -1.30. The van der Waals surface area contributed by atoms with Crippen molar-refractivity contribution >= 4 is 15.9 Å². The van der Waals surface area contributed by atoms with Gasteiger partial charge < -0.3 is 14.6 Å². The van der Waals surface area contributed by atoms with Gasteiger partial charge in [0.25, 0.3) is 0 Å². The van der Waals surface area contributed by atoms with Gasteiger partial charge in [0.15, 0.2) is 11.5 Å². The molecule has 0 amide bonds. The standard InChI is InChI=1S/C15H11BrF2O3/c16-11-5-8(6-13-15(11)21-4-3-20-13)14(19)10-7-9(17)1-2-12(10)18/h1-2,5-7,14,19H,3-4H2. The summed E-state index contributed by atoms with van der Waals surface area (Å²) in [5, 5.41) is 10.3. The number of halogens is 3. The highest BCUT2D eigenvalue weighted by molar-refractivity contribution is 9.10. The Balaban J connectivity index is 2.03. The van der Waals surface area contributed by atoms with E-state index in [1.165, 1.54) is 0 Å². The van der Waals surface area contributed by atoms with Gasteiger partial charge in [-0.15, -0.1) is 0 Å². The number of rotatable bonds is 2. The average molecular weight is 357 g/mol. The van der Waals surface area contributed by atoms with Crippen LogP contribution in [0.2, 0.25) is 0 Å². The van der Waals surface area contributed by atoms with Crippen molar-refractivity contribution in [1.82, 2.24) is 0 Å². The number of fused-ring (bicyclic) bond motifs is 1. The van der Waals surface area contributed by atoms with E-state index in [9.17, 15) is 13.9 Å². The summed E-state index contributed by atoms with van der Waals surface area (Å²) in [4.78, 5) is 0. The highest BCUT2D eigenvalue weighted by Crippen LogP contribution is 2.41. The van der Waals surface area contributed by atoms with Crippen molar-refractivity contribution in [2.24, 2.45) is 0 Å². The third-order valence-electron chi connectivity index (χ3n) is 3.19. The highest BCUT2D eigenvalue weighted by atomic mass is 79.9. The van der Waals surface area contributed by atoms with Gasteiger partial charge in [-0.1, -0.05) is 0 Å². The molecule has 1 aliphatic rings. The Kier molecular flexibility index (Phi) is 3.82. The molecule has 0 spiro atoms. The molecule has 1 atom stereocenters. The van der Waals surface area contributed by atoms with E-state index >= 15 is 0 Å². The van der Waals surface area contributed by atoms with Crippen LogP contribution >= 0.6 is 15.9 Å². The average Bonchev–Trinajstić information content (AvgIpc) is 2.49. The maximum atomic E-state index is 13.8. The predicted molar refractivity (Wildman–Crippen MR) is 75.6 cm³/mol. The third kappa shape index (κ3) is 2.73. The van der Waals surface area contributed by atoms with E-state index in [0.717, 1.165) is 18.2 Å². The summed E-state index contributed by atoms with van der Waals surface area (Å²) in [5.41, 5.74) is 0.259. The Labute approximate surface area is 128 Å². The van der Waals surface area contributed by atoms with Crippen LogP contribution in [0.25, 0.3) is 0 Å². The quantitative estimate of drug-likeness (QED) is 0.893. The Morgan fingerprint density at radius 2 is 1.86 bits per heavy atom. The second-order valence-corrected chi connectivity index (χ2v) is 5.45. The molecule has 2 aromatic rings. The number of ether oxygens (including phenoxy) is 2. The molecule has 3 nitrogen and oxygen atoms in total. The molecular weight excluding hydrogens is 346 g/mol. The zero-order chi connectivity index (χ0) is 15.0. The molecule has 0 saturated heterocycles. The second kappa shape index (κ2) is 5.61. The fourth-order valence-electron chi connectivity index (χ4n) is 2.19. The fraction of sp³-hybridized carbons (Fsp3) is 0.200. The second-order valence-electron chi connectivity index (χ2n) is 4.60. The van der Waals surface area contributed by atoms with E-state index in [-0.39, 0.29) is 5.56 Å². The van der Waals surface area contributed by atoms with Crippen LogP contribution in [0.15, 0.2) is 34.8 Å². The Bertz CT molecular complexity index is 691. The van der Waals surface area contributed by atoms with Crippen LogP contribution in [0.5, 0.6) is 11.5 Å². The first-order chi connectivity index (χ1) is 10.1. The van der Waals surface area contributed by atoms with E-state index < -0.39 is 17.7 Å². The summed E-state index contributed by atoms with van der Waals surface area (Å²) in [6.45, 7) is 0.833. The Hall–Kier alpha value is -1.66. The molecule has 1 N–H and O–H groups in total. The molecule has 21 heavy (non-hydrogen) atoms. The van der Waals surface area contributed by atoms with Crippen LogP contribution in [0.1, 0.15) is 17.2 Å². The summed E-state index contributed by atoms with van der Waals surface area (Å²) in [6, 6.07) is 6.13. The van der Waals surface area contributed by atoms with Crippen LogP contribution in [0.3, 0.4) is 0 Å². The summed E-state index contributed by atoms with van der Waals surface area (Å²) in [5.74, 6) is -0.282. The van der Waals surface area contributed by atoms with E-state index in [2.05, 4.69) is 15.9 Å². The van der Waals surface area contributed by atoms with Gasteiger partial charge in [0.2, 0.25) is 0 Å². The van der Waals surface area contributed by atoms with Gasteiger partial charge in [0.05, 0.1) is 4.47 Å². The molecule has 0 fully saturated rings. The molecule has 6 heteroatoms. The van der Waals surface area contributed by atoms with Crippen molar-refractivity contribution in [1.29, 1.82) is 0 Å². The van der Waals surface area contributed by atoms with Gasteiger partial charge in [0, 0.05) is 5.56 Å². The van der Waals surface area contributed by atoms with Crippen LogP contribution in [-0.4, -0.2) is 18.3 Å². The van der Waals surface area contributed by atoms with Gasteiger partial charge in [-0.25, -0.2) is 8.78 Å². The first-order valence-electron chi connectivity index (χ1n) is 6.28. The van der Waals surface area contributed by atoms with E-state index in [1.807, 2.05) is 0 Å². The number of benzene rings is 2. The van der Waals surface area contributed by atoms with Crippen molar-refractivity contribution < 1.29 is 23.4 Å². The van der Waals surface area contributed by atoms with E-state index in [0.29, 0.717) is 34.7 Å². The highest BCUT2D eigenvalue weighted by Gasteiger charge is 2.22. The van der Waals surface area contributed by atoms with Crippen LogP contribution in [0, 0.1) is 11.6 Å². The Morgan fingerprint density at radius 1 is 1.10 bits per heavy atom. The van der Waals surface area contributed by atoms with Gasteiger partial charge in [-0.05, 0) is 51.8 Å². The lowest BCUT2D eigenvalue weighted by atomic mass is 10.0. The molecule has 0 saturated carbocycles. The smallest absolute Gasteiger partial charge is 0.175 e. The number of aliphatic hydroxyl groups is 1. The maximum absolute atomic E-state index is 13.8. The van der Waals surface area contributed by atoms with E-state index in [4.69, 9.17) is 9.47 Å². The minimum Gasteiger partial charge on any atom is -0.486 e. The number of hydrogen-bond donors (Lipinski definition) is 1. The van der Waals surface area contributed by atoms with Crippen LogP contribution in [-0.2, 0) is 0 Å². The van der Waals surface area contributed by atoms with Crippen molar-refractivity contribution in [2.75, 3.05) is 13.2 Å². The van der Waals surface area contributed by atoms with Crippen LogP contribution in [0.4, 0.5) is 8.78 Å². The first kappa shape index (κ1) is 14.3. The molecule has 0 bridgehead atoms. The molecule has 0 aliphatic carbocycles.